The van der Waals surface area contributed by atoms with Gasteiger partial charge in [-0.1, -0.05) is 25.0 Å². The van der Waals surface area contributed by atoms with Gasteiger partial charge >= 0.3 is 12.0 Å². The quantitative estimate of drug-likeness (QED) is 0.714. The first-order valence-electron chi connectivity index (χ1n) is 9.36. The molecule has 0 saturated heterocycles. The number of imide groups is 1. The summed E-state index contributed by atoms with van der Waals surface area (Å²) in [5.74, 6) is -0.481. The van der Waals surface area contributed by atoms with Crippen molar-refractivity contribution in [2.75, 3.05) is 6.61 Å². The molecule has 148 valence electrons. The van der Waals surface area contributed by atoms with Crippen LogP contribution in [0.2, 0.25) is 0 Å². The average Bonchev–Trinajstić information content (AvgIpc) is 3.10. The van der Waals surface area contributed by atoms with Gasteiger partial charge in [-0.15, -0.1) is 0 Å². The molecule has 0 aromatic heterocycles. The highest BCUT2D eigenvalue weighted by atomic mass is 16.5. The molecule has 0 bridgehead atoms. The third kappa shape index (κ3) is 6.92. The Labute approximate surface area is 159 Å². The summed E-state index contributed by atoms with van der Waals surface area (Å²) in [6, 6.07) is 5.40. The smallest absolute Gasteiger partial charge is 0.321 e. The van der Waals surface area contributed by atoms with Crippen LogP contribution in [0.5, 0.6) is 5.75 Å². The van der Waals surface area contributed by atoms with Crippen LogP contribution in [-0.2, 0) is 14.3 Å². The average molecular weight is 376 g/mol. The minimum absolute atomic E-state index is 0.0132. The van der Waals surface area contributed by atoms with Crippen LogP contribution in [0.3, 0.4) is 0 Å². The predicted molar refractivity (Wildman–Crippen MR) is 101 cm³/mol. The zero-order chi connectivity index (χ0) is 19.8. The van der Waals surface area contributed by atoms with Crippen molar-refractivity contribution in [3.05, 3.63) is 29.3 Å². The Hall–Kier alpha value is -2.57. The summed E-state index contributed by atoms with van der Waals surface area (Å²) in [6.45, 7) is 5.47. The molecule has 1 aromatic carbocycles. The number of benzene rings is 1. The Morgan fingerprint density at radius 1 is 1.19 bits per heavy atom. The van der Waals surface area contributed by atoms with Gasteiger partial charge in [-0.3, -0.25) is 14.9 Å². The summed E-state index contributed by atoms with van der Waals surface area (Å²) in [5.41, 5.74) is 2.05. The zero-order valence-electron chi connectivity index (χ0n) is 16.2. The number of hydrogen-bond acceptors (Lipinski definition) is 5. The molecule has 0 radical (unpaired) electrons. The highest BCUT2D eigenvalue weighted by Gasteiger charge is 2.22. The van der Waals surface area contributed by atoms with Crippen LogP contribution in [-0.4, -0.2) is 36.7 Å². The maximum Gasteiger partial charge on any atom is 0.321 e. The summed E-state index contributed by atoms with van der Waals surface area (Å²) in [4.78, 5) is 35.6. The van der Waals surface area contributed by atoms with Crippen LogP contribution in [0.25, 0.3) is 0 Å². The lowest BCUT2D eigenvalue weighted by Crippen LogP contribution is -2.47. The first-order valence-corrected chi connectivity index (χ1v) is 9.36. The summed E-state index contributed by atoms with van der Waals surface area (Å²) in [6.07, 6.45) is 2.97. The molecule has 3 amide bonds. The van der Waals surface area contributed by atoms with Gasteiger partial charge in [-0.2, -0.15) is 0 Å². The number of amides is 3. The van der Waals surface area contributed by atoms with Gasteiger partial charge in [0.15, 0.2) is 6.10 Å². The van der Waals surface area contributed by atoms with Crippen molar-refractivity contribution >= 4 is 17.9 Å². The van der Waals surface area contributed by atoms with Gasteiger partial charge in [0.1, 0.15) is 5.75 Å². The number of hydrogen-bond donors (Lipinski definition) is 2. The zero-order valence-corrected chi connectivity index (χ0v) is 16.2. The van der Waals surface area contributed by atoms with Gasteiger partial charge in [-0.05, 0) is 50.8 Å². The first kappa shape index (κ1) is 20.7. The molecule has 0 heterocycles. The van der Waals surface area contributed by atoms with Crippen molar-refractivity contribution in [3.8, 4) is 5.75 Å². The van der Waals surface area contributed by atoms with Crippen molar-refractivity contribution in [1.82, 2.24) is 10.6 Å². The molecular formula is C20H28N2O5. The molecule has 2 N–H and O–H groups in total. The van der Waals surface area contributed by atoms with Crippen LogP contribution < -0.4 is 15.4 Å². The van der Waals surface area contributed by atoms with Crippen LogP contribution in [0.1, 0.15) is 50.2 Å². The maximum atomic E-state index is 12.0. The molecule has 27 heavy (non-hydrogen) atoms. The lowest BCUT2D eigenvalue weighted by atomic mass is 10.1. The van der Waals surface area contributed by atoms with Crippen molar-refractivity contribution in [2.24, 2.45) is 0 Å². The van der Waals surface area contributed by atoms with E-state index in [9.17, 15) is 14.4 Å². The third-order valence-electron chi connectivity index (χ3n) is 4.51. The second-order valence-electron chi connectivity index (χ2n) is 6.94. The largest absolute Gasteiger partial charge is 0.493 e. The van der Waals surface area contributed by atoms with Crippen molar-refractivity contribution in [2.45, 2.75) is 65.0 Å². The number of nitrogens with one attached hydrogen (secondary N) is 2. The Morgan fingerprint density at radius 2 is 1.89 bits per heavy atom. The predicted octanol–water partition coefficient (Wildman–Crippen LogP) is 2.77. The van der Waals surface area contributed by atoms with E-state index < -0.39 is 24.0 Å². The van der Waals surface area contributed by atoms with Crippen LogP contribution in [0.15, 0.2) is 18.2 Å². The summed E-state index contributed by atoms with van der Waals surface area (Å²) in [5, 5.41) is 4.96. The number of rotatable bonds is 7. The standard InChI is InChI=1S/C20H28N2O5/c1-13-8-9-14(2)17(12-13)26-11-10-18(23)27-15(3)19(24)22-20(25)21-16-6-4-5-7-16/h8-9,12,15-16H,4-7,10-11H2,1-3H3,(H2,21,22,24,25). The number of carbonyl (C=O) groups is 3. The fourth-order valence-electron chi connectivity index (χ4n) is 2.92. The molecule has 0 spiro atoms. The van der Waals surface area contributed by atoms with E-state index in [0.717, 1.165) is 42.6 Å². The number of aryl methyl sites for hydroxylation is 2. The monoisotopic (exact) mass is 376 g/mol. The van der Waals surface area contributed by atoms with Crippen LogP contribution >= 0.6 is 0 Å². The second kappa shape index (κ2) is 9.94. The van der Waals surface area contributed by atoms with Crippen molar-refractivity contribution in [3.63, 3.8) is 0 Å². The SMILES string of the molecule is Cc1ccc(C)c(OCCC(=O)OC(C)C(=O)NC(=O)NC2CCCC2)c1. The minimum Gasteiger partial charge on any atom is -0.493 e. The molecule has 7 nitrogen and oxygen atoms in total. The maximum absolute atomic E-state index is 12.0. The van der Waals surface area contributed by atoms with E-state index in [-0.39, 0.29) is 19.1 Å². The Bertz CT molecular complexity index is 683. The third-order valence-corrected chi connectivity index (χ3v) is 4.51. The van der Waals surface area contributed by atoms with Gasteiger partial charge in [0.05, 0.1) is 13.0 Å². The van der Waals surface area contributed by atoms with Crippen molar-refractivity contribution < 1.29 is 23.9 Å². The molecule has 1 unspecified atom stereocenters. The van der Waals surface area contributed by atoms with Gasteiger partial charge in [-0.25, -0.2) is 4.79 Å². The fraction of sp³-hybridized carbons (Fsp3) is 0.550. The van der Waals surface area contributed by atoms with E-state index in [1.807, 2.05) is 32.0 Å². The van der Waals surface area contributed by atoms with E-state index in [4.69, 9.17) is 9.47 Å². The topological polar surface area (TPSA) is 93.7 Å². The Kier molecular flexibility index (Phi) is 7.64. The van der Waals surface area contributed by atoms with Gasteiger partial charge in [0.2, 0.25) is 0 Å². The number of esters is 1. The number of urea groups is 1. The molecule has 0 aliphatic heterocycles. The van der Waals surface area contributed by atoms with E-state index in [1.165, 1.54) is 6.92 Å². The van der Waals surface area contributed by atoms with E-state index >= 15 is 0 Å². The molecule has 1 atom stereocenters. The lowest BCUT2D eigenvalue weighted by molar-refractivity contribution is -0.154. The molecule has 1 aliphatic carbocycles. The molecule has 1 aromatic rings. The molecule has 1 aliphatic rings. The minimum atomic E-state index is -1.05. The number of ether oxygens (including phenoxy) is 2. The highest BCUT2D eigenvalue weighted by Crippen LogP contribution is 2.19. The van der Waals surface area contributed by atoms with Crippen LogP contribution in [0.4, 0.5) is 4.79 Å². The molecular weight excluding hydrogens is 348 g/mol. The Balaban J connectivity index is 1.68. The van der Waals surface area contributed by atoms with Gasteiger partial charge in [0, 0.05) is 6.04 Å². The summed E-state index contributed by atoms with van der Waals surface area (Å²) in [7, 11) is 0. The normalized spacial score (nSPS) is 15.1. The number of carbonyl (C=O) groups excluding carboxylic acids is 3. The van der Waals surface area contributed by atoms with Crippen LogP contribution in [0, 0.1) is 13.8 Å². The van der Waals surface area contributed by atoms with E-state index in [2.05, 4.69) is 10.6 Å². The molecule has 1 saturated carbocycles. The van der Waals surface area contributed by atoms with E-state index in [0.29, 0.717) is 0 Å². The Morgan fingerprint density at radius 3 is 2.59 bits per heavy atom. The second-order valence-corrected chi connectivity index (χ2v) is 6.94. The summed E-state index contributed by atoms with van der Waals surface area (Å²) < 4.78 is 10.7. The summed E-state index contributed by atoms with van der Waals surface area (Å²) >= 11 is 0. The van der Waals surface area contributed by atoms with Gasteiger partial charge < -0.3 is 14.8 Å². The molecule has 2 rings (SSSR count). The molecule has 7 heteroatoms. The van der Waals surface area contributed by atoms with E-state index in [1.54, 1.807) is 0 Å². The first-order chi connectivity index (χ1) is 12.8. The highest BCUT2D eigenvalue weighted by molar-refractivity contribution is 5.97. The molecule has 1 fully saturated rings. The fourth-order valence-corrected chi connectivity index (χ4v) is 2.92. The van der Waals surface area contributed by atoms with Gasteiger partial charge in [0.25, 0.3) is 5.91 Å². The lowest BCUT2D eigenvalue weighted by Gasteiger charge is -2.16. The van der Waals surface area contributed by atoms with Crippen molar-refractivity contribution in [1.29, 1.82) is 0 Å².